The summed E-state index contributed by atoms with van der Waals surface area (Å²) in [4.78, 5) is 36.0. The van der Waals surface area contributed by atoms with E-state index in [1.54, 1.807) is 0 Å². The average Bonchev–Trinajstić information content (AvgIpc) is 3.58. The summed E-state index contributed by atoms with van der Waals surface area (Å²) < 4.78 is 34.8. The van der Waals surface area contributed by atoms with E-state index in [-0.39, 0.29) is 32.0 Å². The number of likely N-dealkylation sites (N-methyl/N-ethyl adjacent to an activating group) is 1. The van der Waals surface area contributed by atoms with Gasteiger partial charge in [-0.25, -0.2) is 4.57 Å². The van der Waals surface area contributed by atoms with Gasteiger partial charge in [0.1, 0.15) is 19.8 Å². The Morgan fingerprint density at radius 3 is 0.889 bits per heavy atom. The molecule has 0 amide bonds. The van der Waals surface area contributed by atoms with Crippen molar-refractivity contribution in [1.82, 2.24) is 0 Å². The van der Waals surface area contributed by atoms with Gasteiger partial charge in [-0.2, -0.15) is 0 Å². The van der Waals surface area contributed by atoms with E-state index in [0.717, 1.165) is 89.9 Å². The maximum Gasteiger partial charge on any atom is 0.472 e. The zero-order valence-electron chi connectivity index (χ0n) is 59.4. The van der Waals surface area contributed by atoms with E-state index in [1.807, 2.05) is 21.1 Å². The molecule has 0 heterocycles. The molecular weight excluding hydrogens is 1130 g/mol. The Morgan fingerprint density at radius 2 is 0.600 bits per heavy atom. The summed E-state index contributed by atoms with van der Waals surface area (Å²) in [6, 6.07) is 0. The lowest BCUT2D eigenvalue weighted by molar-refractivity contribution is -0.870. The molecular formula is C80H143NO8P+. The number of rotatable bonds is 69. The first-order chi connectivity index (χ1) is 44.0. The summed E-state index contributed by atoms with van der Waals surface area (Å²) in [6.45, 7) is 4.25. The fourth-order valence-corrected chi connectivity index (χ4v) is 11.4. The number of ether oxygens (including phenoxy) is 2. The summed E-state index contributed by atoms with van der Waals surface area (Å²) >= 11 is 0. The predicted molar refractivity (Wildman–Crippen MR) is 390 cm³/mol. The number of allylic oxidation sites excluding steroid dienone is 18. The molecule has 0 aliphatic rings. The van der Waals surface area contributed by atoms with Gasteiger partial charge in [-0.15, -0.1) is 0 Å². The topological polar surface area (TPSA) is 108 Å². The van der Waals surface area contributed by atoms with Gasteiger partial charge in [0.2, 0.25) is 0 Å². The summed E-state index contributed by atoms with van der Waals surface area (Å²) in [7, 11) is 1.48. The van der Waals surface area contributed by atoms with E-state index in [4.69, 9.17) is 18.5 Å². The zero-order valence-corrected chi connectivity index (χ0v) is 60.2. The molecule has 0 fully saturated rings. The van der Waals surface area contributed by atoms with Crippen molar-refractivity contribution in [3.05, 3.63) is 109 Å². The van der Waals surface area contributed by atoms with Crippen LogP contribution in [0.2, 0.25) is 0 Å². The summed E-state index contributed by atoms with van der Waals surface area (Å²) in [5, 5.41) is 0. The first-order valence-electron chi connectivity index (χ1n) is 37.6. The van der Waals surface area contributed by atoms with Gasteiger partial charge in [0.25, 0.3) is 0 Å². The highest BCUT2D eigenvalue weighted by atomic mass is 31.2. The number of carbonyl (C=O) groups is 2. The number of phosphoric ester groups is 1. The number of phosphoric acid groups is 1. The highest BCUT2D eigenvalue weighted by molar-refractivity contribution is 7.47. The maximum absolute atomic E-state index is 12.9. The molecule has 2 atom stereocenters. The van der Waals surface area contributed by atoms with E-state index in [2.05, 4.69) is 123 Å². The Morgan fingerprint density at radius 1 is 0.344 bits per heavy atom. The first kappa shape index (κ1) is 86.7. The summed E-state index contributed by atoms with van der Waals surface area (Å²) in [5.41, 5.74) is 0. The molecule has 1 N–H and O–H groups in total. The lowest BCUT2D eigenvalue weighted by Crippen LogP contribution is -2.37. The molecule has 0 aromatic carbocycles. The van der Waals surface area contributed by atoms with Gasteiger partial charge in [-0.1, -0.05) is 335 Å². The molecule has 9 nitrogen and oxygen atoms in total. The van der Waals surface area contributed by atoms with Crippen LogP contribution in [-0.2, 0) is 32.7 Å². The minimum Gasteiger partial charge on any atom is -0.462 e. The third-order valence-corrected chi connectivity index (χ3v) is 17.3. The summed E-state index contributed by atoms with van der Waals surface area (Å²) in [5.74, 6) is -0.784. The number of unbranched alkanes of at least 4 members (excludes halogenated alkanes) is 37. The second kappa shape index (κ2) is 70.0. The molecule has 0 aromatic heterocycles. The van der Waals surface area contributed by atoms with Crippen LogP contribution in [0.3, 0.4) is 0 Å². The minimum atomic E-state index is -4.40. The average molecular weight is 1280 g/mol. The molecule has 0 aromatic rings. The molecule has 0 saturated carbocycles. The van der Waals surface area contributed by atoms with Gasteiger partial charge < -0.3 is 18.9 Å². The fourth-order valence-electron chi connectivity index (χ4n) is 10.6. The van der Waals surface area contributed by atoms with Crippen molar-refractivity contribution in [2.45, 2.75) is 341 Å². The van der Waals surface area contributed by atoms with Gasteiger partial charge in [0.05, 0.1) is 27.7 Å². The third kappa shape index (κ3) is 73.7. The van der Waals surface area contributed by atoms with E-state index in [9.17, 15) is 19.0 Å². The van der Waals surface area contributed by atoms with Gasteiger partial charge in [0.15, 0.2) is 6.10 Å². The number of hydrogen-bond donors (Lipinski definition) is 1. The second-order valence-electron chi connectivity index (χ2n) is 26.3. The van der Waals surface area contributed by atoms with Gasteiger partial charge in [-0.3, -0.25) is 18.6 Å². The lowest BCUT2D eigenvalue weighted by atomic mass is 10.0. The normalized spacial score (nSPS) is 13.7. The van der Waals surface area contributed by atoms with Crippen molar-refractivity contribution < 1.29 is 42.1 Å². The highest BCUT2D eigenvalue weighted by Crippen LogP contribution is 2.43. The molecule has 90 heavy (non-hydrogen) atoms. The van der Waals surface area contributed by atoms with Gasteiger partial charge >= 0.3 is 19.8 Å². The van der Waals surface area contributed by atoms with Crippen LogP contribution in [0.15, 0.2) is 109 Å². The Balaban J connectivity index is 3.98. The molecule has 0 aliphatic carbocycles. The van der Waals surface area contributed by atoms with Crippen LogP contribution in [0.25, 0.3) is 0 Å². The number of hydrogen-bond acceptors (Lipinski definition) is 7. The smallest absolute Gasteiger partial charge is 0.462 e. The van der Waals surface area contributed by atoms with Crippen molar-refractivity contribution in [3.8, 4) is 0 Å². The molecule has 0 saturated heterocycles. The van der Waals surface area contributed by atoms with Crippen molar-refractivity contribution in [2.75, 3.05) is 47.5 Å². The Labute approximate surface area is 556 Å². The second-order valence-corrected chi connectivity index (χ2v) is 27.7. The number of carbonyl (C=O) groups excluding carboxylic acids is 2. The maximum atomic E-state index is 12.9. The van der Waals surface area contributed by atoms with Crippen molar-refractivity contribution in [3.63, 3.8) is 0 Å². The van der Waals surface area contributed by atoms with Crippen LogP contribution in [0, 0.1) is 0 Å². The SMILES string of the molecule is CC/C=C\C/C=C\C/C=C\C/C=C\C/C=C\CCCCCCCCCCCCCCCCCCCC(=O)OC(COC(=O)CCCCCCCCCCCCCCCCCCCCCC/C=C\C/C=C\C/C=C\C/C=C\CC)COP(=O)(O)OCC[N+](C)(C)C. The Hall–Kier alpha value is -3.33. The highest BCUT2D eigenvalue weighted by Gasteiger charge is 2.27. The third-order valence-electron chi connectivity index (χ3n) is 16.3. The minimum absolute atomic E-state index is 0.0305. The molecule has 0 spiro atoms. The molecule has 0 bridgehead atoms. The lowest BCUT2D eigenvalue weighted by Gasteiger charge is -2.24. The van der Waals surface area contributed by atoms with Crippen molar-refractivity contribution in [1.29, 1.82) is 0 Å². The molecule has 520 valence electrons. The molecule has 0 aliphatic heterocycles. The molecule has 0 radical (unpaired) electrons. The monoisotopic (exact) mass is 1280 g/mol. The van der Waals surface area contributed by atoms with Crippen LogP contribution >= 0.6 is 7.82 Å². The predicted octanol–water partition coefficient (Wildman–Crippen LogP) is 24.8. The van der Waals surface area contributed by atoms with Crippen LogP contribution in [0.5, 0.6) is 0 Å². The van der Waals surface area contributed by atoms with Crippen LogP contribution in [0.4, 0.5) is 0 Å². The van der Waals surface area contributed by atoms with Crippen LogP contribution < -0.4 is 0 Å². The largest absolute Gasteiger partial charge is 0.472 e. The van der Waals surface area contributed by atoms with Gasteiger partial charge in [0, 0.05) is 12.8 Å². The number of esters is 2. The standard InChI is InChI=1S/C80H142NO8P/c1-6-8-10-12-14-16-18-20-22-24-26-28-30-32-34-36-38-40-42-44-46-48-50-52-54-56-58-60-62-64-66-68-70-72-79(82)86-76-78(77-88-90(84,85)87-75-74-81(3,4)5)89-80(83)73-71-69-67-65-63-61-59-57-55-53-51-49-47-45-43-41-39-37-35-33-31-29-27-25-23-21-19-17-15-13-11-9-7-2/h8-11,14-17,20-23,26-29,33,35,78H,6-7,12-13,18-19,24-25,30-32,34,36-77H2,1-5H3/p+1/b10-8-,11-9-,16-14-,17-15-,22-20-,23-21-,28-26-,29-27-,35-33-. The Kier molecular flexibility index (Phi) is 67.4. The van der Waals surface area contributed by atoms with Gasteiger partial charge in [-0.05, 0) is 96.3 Å². The molecule has 10 heteroatoms. The Bertz CT molecular complexity index is 1890. The zero-order chi connectivity index (χ0) is 65.5. The van der Waals surface area contributed by atoms with Crippen LogP contribution in [-0.4, -0.2) is 74.9 Å². The molecule has 0 rings (SSSR count). The first-order valence-corrected chi connectivity index (χ1v) is 39.1. The fraction of sp³-hybridized carbons (Fsp3) is 0.750. The number of quaternary nitrogens is 1. The quantitative estimate of drug-likeness (QED) is 0.0211. The van der Waals surface area contributed by atoms with E-state index < -0.39 is 26.5 Å². The molecule has 2 unspecified atom stereocenters. The summed E-state index contributed by atoms with van der Waals surface area (Å²) in [6.07, 6.45) is 99.3. The number of nitrogens with zero attached hydrogens (tertiary/aromatic N) is 1. The van der Waals surface area contributed by atoms with E-state index >= 15 is 0 Å². The van der Waals surface area contributed by atoms with Crippen LogP contribution in [0.1, 0.15) is 335 Å². The van der Waals surface area contributed by atoms with Crippen molar-refractivity contribution in [2.24, 2.45) is 0 Å². The van der Waals surface area contributed by atoms with E-state index in [1.165, 1.54) is 212 Å². The van der Waals surface area contributed by atoms with E-state index in [0.29, 0.717) is 17.4 Å². The van der Waals surface area contributed by atoms with Crippen molar-refractivity contribution >= 4 is 19.8 Å².